The van der Waals surface area contributed by atoms with Crippen LogP contribution in [0, 0.1) is 10.1 Å². The number of carbonyl (C=O) groups is 1. The minimum absolute atomic E-state index is 0.000991. The van der Waals surface area contributed by atoms with Gasteiger partial charge in [-0.15, -0.1) is 10.2 Å². The lowest BCUT2D eigenvalue weighted by Crippen LogP contribution is -2.10. The Labute approximate surface area is 199 Å². The van der Waals surface area contributed by atoms with Gasteiger partial charge in [0.25, 0.3) is 5.69 Å². The van der Waals surface area contributed by atoms with Gasteiger partial charge in [0.2, 0.25) is 17.7 Å². The molecule has 0 aliphatic rings. The van der Waals surface area contributed by atoms with Crippen molar-refractivity contribution >= 4 is 17.3 Å². The monoisotopic (exact) mass is 464 g/mol. The van der Waals surface area contributed by atoms with Crippen molar-refractivity contribution in [3.05, 3.63) is 58.6 Å². The number of hydrogen-bond donors (Lipinski definition) is 1. The largest absolute Gasteiger partial charge is 0.416 e. The normalized spacial score (nSPS) is 10.9. The van der Waals surface area contributed by atoms with Crippen LogP contribution in [0.25, 0.3) is 22.9 Å². The van der Waals surface area contributed by atoms with E-state index in [0.717, 1.165) is 24.1 Å². The van der Waals surface area contributed by atoms with Crippen LogP contribution in [0.4, 0.5) is 11.4 Å². The molecule has 0 unspecified atom stereocenters. The topological polar surface area (TPSA) is 111 Å². The second-order valence-electron chi connectivity index (χ2n) is 8.42. The molecule has 180 valence electrons. The van der Waals surface area contributed by atoms with Crippen molar-refractivity contribution in [2.45, 2.75) is 71.1 Å². The number of nitrogens with zero attached hydrogens (tertiary/aromatic N) is 3. The fourth-order valence-electron chi connectivity index (χ4n) is 3.70. The van der Waals surface area contributed by atoms with E-state index in [4.69, 9.17) is 4.42 Å². The molecule has 0 spiro atoms. The first kappa shape index (κ1) is 25.1. The summed E-state index contributed by atoms with van der Waals surface area (Å²) in [6.07, 6.45) is 11.6. The Hall–Kier alpha value is -3.55. The van der Waals surface area contributed by atoms with Crippen molar-refractivity contribution in [3.63, 3.8) is 0 Å². The van der Waals surface area contributed by atoms with E-state index in [-0.39, 0.29) is 17.5 Å². The van der Waals surface area contributed by atoms with Crippen molar-refractivity contribution in [3.8, 4) is 22.9 Å². The Balaban J connectivity index is 1.42. The molecule has 1 N–H and O–H groups in total. The lowest BCUT2D eigenvalue weighted by atomic mass is 10.1. The van der Waals surface area contributed by atoms with Gasteiger partial charge in [0.1, 0.15) is 0 Å². The molecular weight excluding hydrogens is 432 g/mol. The number of anilines is 1. The van der Waals surface area contributed by atoms with Gasteiger partial charge in [0.15, 0.2) is 0 Å². The van der Waals surface area contributed by atoms with Crippen LogP contribution in [0.2, 0.25) is 0 Å². The smallest absolute Gasteiger partial charge is 0.269 e. The number of aromatic nitrogens is 2. The summed E-state index contributed by atoms with van der Waals surface area (Å²) in [7, 11) is 0. The molecular formula is C26H32N4O4. The molecule has 1 aromatic heterocycles. The van der Waals surface area contributed by atoms with E-state index < -0.39 is 4.92 Å². The number of hydrogen-bond acceptors (Lipinski definition) is 6. The Morgan fingerprint density at radius 1 is 0.824 bits per heavy atom. The second kappa shape index (κ2) is 13.2. The molecule has 0 saturated carbocycles. The maximum atomic E-state index is 12.2. The summed E-state index contributed by atoms with van der Waals surface area (Å²) >= 11 is 0. The highest BCUT2D eigenvalue weighted by molar-refractivity contribution is 5.90. The van der Waals surface area contributed by atoms with Crippen LogP contribution in [-0.4, -0.2) is 21.0 Å². The van der Waals surface area contributed by atoms with Crippen molar-refractivity contribution < 1.29 is 14.1 Å². The highest BCUT2D eigenvalue weighted by Gasteiger charge is 2.12. The molecule has 3 rings (SSSR count). The maximum absolute atomic E-state index is 12.2. The van der Waals surface area contributed by atoms with Crippen molar-refractivity contribution in [1.82, 2.24) is 10.2 Å². The van der Waals surface area contributed by atoms with Gasteiger partial charge in [-0.05, 0) is 42.8 Å². The van der Waals surface area contributed by atoms with Gasteiger partial charge in [-0.3, -0.25) is 14.9 Å². The van der Waals surface area contributed by atoms with Crippen LogP contribution >= 0.6 is 0 Å². The van der Waals surface area contributed by atoms with E-state index in [1.807, 2.05) is 0 Å². The average molecular weight is 465 g/mol. The molecule has 0 radical (unpaired) electrons. The predicted molar refractivity (Wildman–Crippen MR) is 132 cm³/mol. The van der Waals surface area contributed by atoms with Crippen LogP contribution < -0.4 is 5.32 Å². The van der Waals surface area contributed by atoms with Crippen LogP contribution in [0.5, 0.6) is 0 Å². The van der Waals surface area contributed by atoms with Crippen molar-refractivity contribution in [2.24, 2.45) is 0 Å². The molecule has 1 amide bonds. The van der Waals surface area contributed by atoms with E-state index >= 15 is 0 Å². The SMILES string of the molecule is CCCCCCCCCCCC(=O)Nc1ccc(-c2nnc(-c3ccc([N+](=O)[O-])cc3)o2)cc1. The number of rotatable bonds is 14. The first-order valence-corrected chi connectivity index (χ1v) is 12.1. The Kier molecular flexibility index (Phi) is 9.76. The molecule has 3 aromatic rings. The maximum Gasteiger partial charge on any atom is 0.269 e. The third-order valence-corrected chi connectivity index (χ3v) is 5.67. The number of amides is 1. The molecule has 0 bridgehead atoms. The molecule has 8 heteroatoms. The number of nitrogens with one attached hydrogen (secondary N) is 1. The number of non-ortho nitro benzene ring substituents is 1. The van der Waals surface area contributed by atoms with Crippen LogP contribution in [0.15, 0.2) is 52.9 Å². The van der Waals surface area contributed by atoms with Gasteiger partial charge in [0.05, 0.1) is 4.92 Å². The molecule has 0 atom stereocenters. The number of nitro benzene ring substituents is 1. The van der Waals surface area contributed by atoms with Gasteiger partial charge in [-0.25, -0.2) is 0 Å². The number of nitro groups is 1. The number of unbranched alkanes of at least 4 members (excludes halogenated alkanes) is 8. The average Bonchev–Trinajstić information content (AvgIpc) is 3.34. The summed E-state index contributed by atoms with van der Waals surface area (Å²) < 4.78 is 5.71. The van der Waals surface area contributed by atoms with Gasteiger partial charge >= 0.3 is 0 Å². The van der Waals surface area contributed by atoms with E-state index in [1.165, 1.54) is 57.1 Å². The van der Waals surface area contributed by atoms with Crippen LogP contribution in [0.3, 0.4) is 0 Å². The molecule has 0 saturated heterocycles. The minimum Gasteiger partial charge on any atom is -0.416 e. The quantitative estimate of drug-likeness (QED) is 0.154. The highest BCUT2D eigenvalue weighted by atomic mass is 16.6. The zero-order chi connectivity index (χ0) is 24.2. The van der Waals surface area contributed by atoms with E-state index in [2.05, 4.69) is 22.4 Å². The Bertz CT molecular complexity index is 1050. The fourth-order valence-corrected chi connectivity index (χ4v) is 3.70. The summed E-state index contributed by atoms with van der Waals surface area (Å²) in [4.78, 5) is 22.5. The van der Waals surface area contributed by atoms with Gasteiger partial charge in [0, 0.05) is 35.4 Å². The van der Waals surface area contributed by atoms with Crippen molar-refractivity contribution in [2.75, 3.05) is 5.32 Å². The van der Waals surface area contributed by atoms with Crippen LogP contribution in [0.1, 0.15) is 71.1 Å². The summed E-state index contributed by atoms with van der Waals surface area (Å²) in [6.45, 7) is 2.23. The lowest BCUT2D eigenvalue weighted by Gasteiger charge is -2.06. The number of carbonyl (C=O) groups excluding carboxylic acids is 1. The molecule has 34 heavy (non-hydrogen) atoms. The van der Waals surface area contributed by atoms with Crippen LogP contribution in [-0.2, 0) is 4.79 Å². The molecule has 0 aliphatic carbocycles. The first-order chi connectivity index (χ1) is 16.6. The standard InChI is InChI=1S/C26H32N4O4/c1-2-3-4-5-6-7-8-9-10-11-24(31)27-22-16-12-20(13-17-22)25-28-29-26(34-25)21-14-18-23(19-15-21)30(32)33/h12-19H,2-11H2,1H3,(H,27,31). The second-order valence-corrected chi connectivity index (χ2v) is 8.42. The zero-order valence-electron chi connectivity index (χ0n) is 19.7. The highest BCUT2D eigenvalue weighted by Crippen LogP contribution is 2.26. The summed E-state index contributed by atoms with van der Waals surface area (Å²) in [5.41, 5.74) is 2.04. The molecule has 8 nitrogen and oxygen atoms in total. The fraction of sp³-hybridized carbons (Fsp3) is 0.423. The zero-order valence-corrected chi connectivity index (χ0v) is 19.7. The third kappa shape index (κ3) is 7.79. The molecule has 2 aromatic carbocycles. The van der Waals surface area contributed by atoms with Crippen molar-refractivity contribution in [1.29, 1.82) is 0 Å². The Morgan fingerprint density at radius 2 is 1.32 bits per heavy atom. The van der Waals surface area contributed by atoms with Gasteiger partial charge in [-0.2, -0.15) is 0 Å². The lowest BCUT2D eigenvalue weighted by molar-refractivity contribution is -0.384. The molecule has 1 heterocycles. The van der Waals surface area contributed by atoms with E-state index in [9.17, 15) is 14.9 Å². The van der Waals surface area contributed by atoms with E-state index in [0.29, 0.717) is 17.9 Å². The molecule has 0 aliphatic heterocycles. The van der Waals surface area contributed by atoms with Gasteiger partial charge in [-0.1, -0.05) is 58.3 Å². The molecule has 0 fully saturated rings. The van der Waals surface area contributed by atoms with Gasteiger partial charge < -0.3 is 9.73 Å². The number of benzene rings is 2. The van der Waals surface area contributed by atoms with E-state index in [1.54, 1.807) is 36.4 Å². The third-order valence-electron chi connectivity index (χ3n) is 5.67. The Morgan fingerprint density at radius 3 is 1.85 bits per heavy atom. The predicted octanol–water partition coefficient (Wildman–Crippen LogP) is 7.17. The summed E-state index contributed by atoms with van der Waals surface area (Å²) in [5, 5.41) is 21.8. The summed E-state index contributed by atoms with van der Waals surface area (Å²) in [5.74, 6) is 0.637. The first-order valence-electron chi connectivity index (χ1n) is 12.1. The summed E-state index contributed by atoms with van der Waals surface area (Å²) in [6, 6.07) is 13.2. The minimum atomic E-state index is -0.458.